The molecule has 0 bridgehead atoms. The second kappa shape index (κ2) is 9.75. The zero-order valence-corrected chi connectivity index (χ0v) is 17.1. The highest BCUT2D eigenvalue weighted by molar-refractivity contribution is 5.56. The lowest BCUT2D eigenvalue weighted by atomic mass is 10.1. The van der Waals surface area contributed by atoms with Gasteiger partial charge >= 0.3 is 0 Å². The number of hydrogen-bond acceptors (Lipinski definition) is 6. The molecule has 0 spiro atoms. The van der Waals surface area contributed by atoms with Gasteiger partial charge in [0, 0.05) is 24.7 Å². The first-order chi connectivity index (χ1) is 13.6. The first kappa shape index (κ1) is 20.4. The number of likely N-dealkylation sites (N-methyl/N-ethyl adjacent to an activating group) is 1. The van der Waals surface area contributed by atoms with Gasteiger partial charge in [-0.05, 0) is 50.6 Å². The zero-order valence-electron chi connectivity index (χ0n) is 17.1. The quantitative estimate of drug-likeness (QED) is 0.454. The maximum atomic E-state index is 10.6. The van der Waals surface area contributed by atoms with Crippen molar-refractivity contribution in [3.05, 3.63) is 47.7 Å². The molecule has 3 N–H and O–H groups in total. The fourth-order valence-electron chi connectivity index (χ4n) is 3.38. The Balaban J connectivity index is 1.60. The number of aliphatic hydroxyl groups is 1. The van der Waals surface area contributed by atoms with E-state index in [2.05, 4.69) is 33.5 Å². The lowest BCUT2D eigenvalue weighted by Gasteiger charge is -2.20. The van der Waals surface area contributed by atoms with Crippen LogP contribution in [0.1, 0.15) is 43.5 Å². The summed E-state index contributed by atoms with van der Waals surface area (Å²) < 4.78 is 5.67. The van der Waals surface area contributed by atoms with Gasteiger partial charge in [-0.2, -0.15) is 0 Å². The second-order valence-corrected chi connectivity index (χ2v) is 7.40. The Bertz CT molecular complexity index is 751. The van der Waals surface area contributed by atoms with E-state index in [9.17, 15) is 5.11 Å². The first-order valence-electron chi connectivity index (χ1n) is 10.2. The number of aryl methyl sites for hydroxylation is 1. The minimum atomic E-state index is -0.795. The molecule has 1 fully saturated rings. The lowest BCUT2D eigenvalue weighted by molar-refractivity contribution is 0.208. The van der Waals surface area contributed by atoms with Crippen LogP contribution in [-0.2, 0) is 0 Å². The summed E-state index contributed by atoms with van der Waals surface area (Å²) in [5.74, 6) is 1.82. The Kier molecular flexibility index (Phi) is 7.12. The Morgan fingerprint density at radius 1 is 1.32 bits per heavy atom. The van der Waals surface area contributed by atoms with Crippen LogP contribution in [0, 0.1) is 6.92 Å². The number of rotatable bonds is 9. The molecule has 0 saturated carbocycles. The molecule has 0 amide bonds. The molecule has 6 heteroatoms. The highest BCUT2D eigenvalue weighted by Gasteiger charge is 2.22. The van der Waals surface area contributed by atoms with Crippen LogP contribution in [0.3, 0.4) is 0 Å². The van der Waals surface area contributed by atoms with Gasteiger partial charge in [0.15, 0.2) is 6.23 Å². The summed E-state index contributed by atoms with van der Waals surface area (Å²) in [5, 5.41) is 17.0. The number of ether oxygens (including phenoxy) is 1. The molecule has 2 heterocycles. The molecule has 2 aromatic rings. The number of benzene rings is 1. The number of aliphatic hydroxyl groups excluding tert-OH is 1. The largest absolute Gasteiger partial charge is 0.494 e. The van der Waals surface area contributed by atoms with Crippen LogP contribution in [0.4, 0.5) is 11.5 Å². The predicted molar refractivity (Wildman–Crippen MR) is 114 cm³/mol. The van der Waals surface area contributed by atoms with E-state index in [1.54, 1.807) is 0 Å². The Hall–Kier alpha value is -2.31. The van der Waals surface area contributed by atoms with Crippen molar-refractivity contribution < 1.29 is 9.84 Å². The first-order valence-corrected chi connectivity index (χ1v) is 10.2. The molecule has 152 valence electrons. The summed E-state index contributed by atoms with van der Waals surface area (Å²) in [5.41, 5.74) is 2.70. The topological polar surface area (TPSA) is 69.7 Å². The van der Waals surface area contributed by atoms with Gasteiger partial charge in [0.05, 0.1) is 18.5 Å². The van der Waals surface area contributed by atoms with Gasteiger partial charge in [-0.25, -0.2) is 4.98 Å². The number of nitrogens with zero attached hydrogens (tertiary/aromatic N) is 2. The van der Waals surface area contributed by atoms with Gasteiger partial charge in [-0.1, -0.05) is 25.5 Å². The zero-order chi connectivity index (χ0) is 19.9. The molecule has 1 aromatic carbocycles. The van der Waals surface area contributed by atoms with Crippen molar-refractivity contribution in [1.82, 2.24) is 10.3 Å². The van der Waals surface area contributed by atoms with Crippen LogP contribution in [0.25, 0.3) is 0 Å². The maximum Gasteiger partial charge on any atom is 0.150 e. The maximum absolute atomic E-state index is 10.6. The molecule has 3 rings (SSSR count). The van der Waals surface area contributed by atoms with Crippen molar-refractivity contribution in [1.29, 1.82) is 0 Å². The van der Waals surface area contributed by atoms with Crippen molar-refractivity contribution in [2.45, 2.75) is 45.4 Å². The summed E-state index contributed by atoms with van der Waals surface area (Å²) in [6.45, 7) is 6.89. The third-order valence-corrected chi connectivity index (χ3v) is 5.27. The van der Waals surface area contributed by atoms with E-state index in [-0.39, 0.29) is 0 Å². The van der Waals surface area contributed by atoms with Crippen LogP contribution in [0.15, 0.2) is 36.5 Å². The van der Waals surface area contributed by atoms with Gasteiger partial charge < -0.3 is 25.4 Å². The molecule has 0 radical (unpaired) electrons. The van der Waals surface area contributed by atoms with Gasteiger partial charge in [-0.15, -0.1) is 0 Å². The molecule has 1 aliphatic rings. The fourth-order valence-corrected chi connectivity index (χ4v) is 3.38. The molecule has 2 unspecified atom stereocenters. The van der Waals surface area contributed by atoms with Gasteiger partial charge in [-0.3, -0.25) is 0 Å². The van der Waals surface area contributed by atoms with Crippen LogP contribution in [0.2, 0.25) is 0 Å². The summed E-state index contributed by atoms with van der Waals surface area (Å²) >= 11 is 0. The van der Waals surface area contributed by atoms with Gasteiger partial charge in [0.1, 0.15) is 11.6 Å². The summed E-state index contributed by atoms with van der Waals surface area (Å²) in [7, 11) is 2.01. The monoisotopic (exact) mass is 384 g/mol. The highest BCUT2D eigenvalue weighted by atomic mass is 16.5. The van der Waals surface area contributed by atoms with Gasteiger partial charge in [0.25, 0.3) is 0 Å². The van der Waals surface area contributed by atoms with Crippen molar-refractivity contribution in [3.8, 4) is 5.75 Å². The van der Waals surface area contributed by atoms with Crippen LogP contribution >= 0.6 is 0 Å². The predicted octanol–water partition coefficient (Wildman–Crippen LogP) is 3.47. The SMILES string of the molecule is CCCCOc1ccc(C(O)Nc2cnc(N3CCC(NC)C3)cc2C)cc1. The molecule has 1 aromatic heterocycles. The molecule has 1 aliphatic heterocycles. The van der Waals surface area contributed by atoms with Crippen molar-refractivity contribution in [2.75, 3.05) is 37.0 Å². The molecule has 0 aliphatic carbocycles. The number of pyridine rings is 1. The van der Waals surface area contributed by atoms with Crippen molar-refractivity contribution in [2.24, 2.45) is 0 Å². The summed E-state index contributed by atoms with van der Waals surface area (Å²) in [6, 6.07) is 10.2. The third-order valence-electron chi connectivity index (χ3n) is 5.27. The van der Waals surface area contributed by atoms with E-state index in [1.807, 2.05) is 44.4 Å². The van der Waals surface area contributed by atoms with Crippen molar-refractivity contribution in [3.63, 3.8) is 0 Å². The standard InChI is InChI=1S/C22H32N4O2/c1-4-5-12-28-19-8-6-17(7-9-19)22(27)25-20-14-24-21(13-16(20)2)26-11-10-18(15-26)23-3/h6-9,13-14,18,22-23,25,27H,4-5,10-12,15H2,1-3H3. The molecule has 2 atom stereocenters. The molecule has 6 nitrogen and oxygen atoms in total. The normalized spacial score (nSPS) is 17.6. The molecule has 1 saturated heterocycles. The second-order valence-electron chi connectivity index (χ2n) is 7.40. The van der Waals surface area contributed by atoms with E-state index in [1.165, 1.54) is 0 Å². The van der Waals surface area contributed by atoms with E-state index in [0.29, 0.717) is 6.04 Å². The molecule has 28 heavy (non-hydrogen) atoms. The minimum absolute atomic E-state index is 0.524. The van der Waals surface area contributed by atoms with Crippen LogP contribution in [0.5, 0.6) is 5.75 Å². The number of anilines is 2. The van der Waals surface area contributed by atoms with E-state index >= 15 is 0 Å². The minimum Gasteiger partial charge on any atom is -0.494 e. The Labute approximate surface area is 167 Å². The number of unbranched alkanes of at least 4 members (excludes halogenated alkanes) is 1. The summed E-state index contributed by atoms with van der Waals surface area (Å²) in [4.78, 5) is 6.89. The van der Waals surface area contributed by atoms with Crippen LogP contribution in [-0.4, -0.2) is 42.9 Å². The third kappa shape index (κ3) is 5.14. The molecular formula is C22H32N4O2. The van der Waals surface area contributed by atoms with Crippen LogP contribution < -0.4 is 20.3 Å². The Morgan fingerprint density at radius 2 is 2.11 bits per heavy atom. The van der Waals surface area contributed by atoms with Gasteiger partial charge in [0.2, 0.25) is 0 Å². The smallest absolute Gasteiger partial charge is 0.150 e. The van der Waals surface area contributed by atoms with E-state index in [0.717, 1.165) is 67.3 Å². The van der Waals surface area contributed by atoms with Crippen molar-refractivity contribution >= 4 is 11.5 Å². The number of aromatic nitrogens is 1. The Morgan fingerprint density at radius 3 is 2.75 bits per heavy atom. The summed E-state index contributed by atoms with van der Waals surface area (Å²) in [6.07, 6.45) is 4.30. The van der Waals surface area contributed by atoms with E-state index < -0.39 is 6.23 Å². The highest BCUT2D eigenvalue weighted by Crippen LogP contribution is 2.26. The van der Waals surface area contributed by atoms with E-state index in [4.69, 9.17) is 4.74 Å². The average molecular weight is 385 g/mol. The fraction of sp³-hybridized carbons (Fsp3) is 0.500. The number of nitrogens with one attached hydrogen (secondary N) is 2. The lowest BCUT2D eigenvalue weighted by Crippen LogP contribution is -2.29. The average Bonchev–Trinajstić information content (AvgIpc) is 3.19. The molecular weight excluding hydrogens is 352 g/mol. The number of hydrogen-bond donors (Lipinski definition) is 3.